The fourth-order valence-corrected chi connectivity index (χ4v) is 4.41. The van der Waals surface area contributed by atoms with Crippen molar-refractivity contribution in [1.29, 1.82) is 0 Å². The van der Waals surface area contributed by atoms with Crippen LogP contribution in [0.3, 0.4) is 0 Å². The molecule has 0 unspecified atom stereocenters. The molecule has 26 heavy (non-hydrogen) atoms. The zero-order valence-electron chi connectivity index (χ0n) is 14.5. The number of aryl methyl sites for hydroxylation is 1. The molecule has 1 aromatic carbocycles. The van der Waals surface area contributed by atoms with E-state index in [-0.39, 0.29) is 5.91 Å². The lowest BCUT2D eigenvalue weighted by Crippen LogP contribution is -2.19. The van der Waals surface area contributed by atoms with Crippen molar-refractivity contribution < 1.29 is 4.79 Å². The van der Waals surface area contributed by atoms with Crippen LogP contribution in [0.4, 0.5) is 5.82 Å². The number of aromatic nitrogens is 4. The maximum absolute atomic E-state index is 13.1. The SMILES string of the molecule is Cn1nc2c(c1NC(=O)c1cc(C3CC3)nn1-c1ccccc1)CSC2. The van der Waals surface area contributed by atoms with Crippen molar-refractivity contribution in [2.45, 2.75) is 30.3 Å². The minimum Gasteiger partial charge on any atom is -0.305 e. The maximum Gasteiger partial charge on any atom is 0.275 e. The average Bonchev–Trinajstić information content (AvgIpc) is 3.12. The van der Waals surface area contributed by atoms with Crippen LogP contribution >= 0.6 is 11.8 Å². The van der Waals surface area contributed by atoms with Crippen LogP contribution < -0.4 is 5.32 Å². The molecule has 1 aliphatic carbocycles. The van der Waals surface area contributed by atoms with Crippen LogP contribution in [-0.2, 0) is 18.6 Å². The first kappa shape index (κ1) is 15.7. The van der Waals surface area contributed by atoms with Gasteiger partial charge < -0.3 is 5.32 Å². The summed E-state index contributed by atoms with van der Waals surface area (Å²) in [7, 11) is 1.88. The molecule has 0 radical (unpaired) electrons. The lowest BCUT2D eigenvalue weighted by Gasteiger charge is -2.09. The van der Waals surface area contributed by atoms with Crippen molar-refractivity contribution in [1.82, 2.24) is 19.6 Å². The van der Waals surface area contributed by atoms with Gasteiger partial charge >= 0.3 is 0 Å². The van der Waals surface area contributed by atoms with Crippen molar-refractivity contribution >= 4 is 23.5 Å². The number of benzene rings is 1. The molecular weight excluding hydrogens is 346 g/mol. The molecule has 0 saturated heterocycles. The molecule has 2 aliphatic rings. The van der Waals surface area contributed by atoms with Gasteiger partial charge in [0, 0.05) is 30.0 Å². The second kappa shape index (κ2) is 6.02. The first-order valence-corrected chi connectivity index (χ1v) is 9.95. The number of amides is 1. The summed E-state index contributed by atoms with van der Waals surface area (Å²) in [5, 5.41) is 12.3. The van der Waals surface area contributed by atoms with Crippen LogP contribution in [0.25, 0.3) is 5.69 Å². The van der Waals surface area contributed by atoms with Gasteiger partial charge in [0.15, 0.2) is 0 Å². The van der Waals surface area contributed by atoms with Crippen LogP contribution in [0.15, 0.2) is 36.4 Å². The lowest BCUT2D eigenvalue weighted by molar-refractivity contribution is 0.101. The second-order valence-corrected chi connectivity index (χ2v) is 7.81. The van der Waals surface area contributed by atoms with E-state index >= 15 is 0 Å². The number of fused-ring (bicyclic) bond motifs is 1. The van der Waals surface area contributed by atoms with E-state index in [9.17, 15) is 4.79 Å². The van der Waals surface area contributed by atoms with Crippen LogP contribution in [0, 0.1) is 0 Å². The van der Waals surface area contributed by atoms with Gasteiger partial charge in [-0.3, -0.25) is 9.48 Å². The highest BCUT2D eigenvalue weighted by Gasteiger charge is 2.30. The Kier molecular flexibility index (Phi) is 3.63. The van der Waals surface area contributed by atoms with Gasteiger partial charge in [0.1, 0.15) is 11.5 Å². The summed E-state index contributed by atoms with van der Waals surface area (Å²) in [5.41, 5.74) is 4.68. The Morgan fingerprint density at radius 1 is 1.19 bits per heavy atom. The first-order valence-electron chi connectivity index (χ1n) is 8.80. The van der Waals surface area contributed by atoms with Gasteiger partial charge in [-0.15, -0.1) is 0 Å². The van der Waals surface area contributed by atoms with Gasteiger partial charge in [0.25, 0.3) is 5.91 Å². The number of anilines is 1. The number of nitrogens with one attached hydrogen (secondary N) is 1. The number of carbonyl (C=O) groups excluding carboxylic acids is 1. The molecule has 2 aromatic heterocycles. The van der Waals surface area contributed by atoms with E-state index in [2.05, 4.69) is 10.4 Å². The Labute approximate surface area is 155 Å². The molecule has 5 rings (SSSR count). The predicted molar refractivity (Wildman–Crippen MR) is 102 cm³/mol. The number of rotatable bonds is 4. The second-order valence-electron chi connectivity index (χ2n) is 6.82. The first-order chi connectivity index (χ1) is 12.7. The fraction of sp³-hybridized carbons (Fsp3) is 0.316. The largest absolute Gasteiger partial charge is 0.305 e. The van der Waals surface area contributed by atoms with Crippen molar-refractivity contribution in [3.8, 4) is 5.69 Å². The molecule has 0 bridgehead atoms. The molecule has 1 fully saturated rings. The molecule has 0 spiro atoms. The fourth-order valence-electron chi connectivity index (χ4n) is 3.37. The molecule has 0 atom stereocenters. The number of carbonyl (C=O) groups is 1. The summed E-state index contributed by atoms with van der Waals surface area (Å²) < 4.78 is 3.53. The highest BCUT2D eigenvalue weighted by atomic mass is 32.2. The van der Waals surface area contributed by atoms with Crippen LogP contribution in [-0.4, -0.2) is 25.5 Å². The van der Waals surface area contributed by atoms with E-state index in [1.54, 1.807) is 9.36 Å². The molecule has 3 heterocycles. The summed E-state index contributed by atoms with van der Waals surface area (Å²) in [6.07, 6.45) is 2.30. The van der Waals surface area contributed by atoms with Gasteiger partial charge in [0.05, 0.1) is 17.1 Å². The summed E-state index contributed by atoms with van der Waals surface area (Å²) in [6, 6.07) is 11.8. The zero-order valence-corrected chi connectivity index (χ0v) is 15.3. The minimum absolute atomic E-state index is 0.143. The van der Waals surface area contributed by atoms with Crippen molar-refractivity contribution in [3.63, 3.8) is 0 Å². The summed E-state index contributed by atoms with van der Waals surface area (Å²) in [6.45, 7) is 0. The number of hydrogen-bond acceptors (Lipinski definition) is 4. The van der Waals surface area contributed by atoms with E-state index in [0.717, 1.165) is 52.8 Å². The molecule has 1 amide bonds. The molecule has 6 nitrogen and oxygen atoms in total. The average molecular weight is 365 g/mol. The molecule has 132 valence electrons. The Morgan fingerprint density at radius 3 is 2.77 bits per heavy atom. The number of hydrogen-bond donors (Lipinski definition) is 1. The molecular formula is C19H19N5OS. The Morgan fingerprint density at radius 2 is 2.00 bits per heavy atom. The molecule has 1 aliphatic heterocycles. The van der Waals surface area contributed by atoms with Gasteiger partial charge in [0.2, 0.25) is 0 Å². The molecule has 7 heteroatoms. The third kappa shape index (κ3) is 2.63. The zero-order chi connectivity index (χ0) is 17.7. The molecule has 3 aromatic rings. The maximum atomic E-state index is 13.1. The third-order valence-electron chi connectivity index (χ3n) is 4.90. The van der Waals surface area contributed by atoms with Crippen molar-refractivity contribution in [3.05, 3.63) is 59.0 Å². The van der Waals surface area contributed by atoms with Gasteiger partial charge in [-0.25, -0.2) is 4.68 Å². The van der Waals surface area contributed by atoms with Gasteiger partial charge in [-0.2, -0.15) is 22.0 Å². The lowest BCUT2D eigenvalue weighted by atomic mass is 10.2. The van der Waals surface area contributed by atoms with E-state index in [0.29, 0.717) is 11.6 Å². The van der Waals surface area contributed by atoms with Crippen LogP contribution in [0.1, 0.15) is 46.2 Å². The highest BCUT2D eigenvalue weighted by molar-refractivity contribution is 7.98. The van der Waals surface area contributed by atoms with Crippen LogP contribution in [0.5, 0.6) is 0 Å². The van der Waals surface area contributed by atoms with Gasteiger partial charge in [-0.1, -0.05) is 18.2 Å². The summed E-state index contributed by atoms with van der Waals surface area (Å²) in [4.78, 5) is 13.1. The van der Waals surface area contributed by atoms with E-state index in [1.165, 1.54) is 0 Å². The third-order valence-corrected chi connectivity index (χ3v) is 5.87. The summed E-state index contributed by atoms with van der Waals surface area (Å²) >= 11 is 1.83. The predicted octanol–water partition coefficient (Wildman–Crippen LogP) is 3.48. The van der Waals surface area contributed by atoms with E-state index in [1.807, 2.05) is 55.2 Å². The topological polar surface area (TPSA) is 64.7 Å². The summed E-state index contributed by atoms with van der Waals surface area (Å²) in [5.74, 6) is 2.94. The Hall–Kier alpha value is -2.54. The van der Waals surface area contributed by atoms with Crippen molar-refractivity contribution in [2.75, 3.05) is 5.32 Å². The number of para-hydroxylation sites is 1. The normalized spacial score (nSPS) is 15.9. The quantitative estimate of drug-likeness (QED) is 0.769. The monoisotopic (exact) mass is 365 g/mol. The standard InChI is InChI=1S/C19H19N5OS/c1-23-18(14-10-26-11-16(14)21-23)20-19(25)17-9-15(12-7-8-12)22-24(17)13-5-3-2-4-6-13/h2-6,9,12H,7-8,10-11H2,1H3,(H,20,25). The van der Waals surface area contributed by atoms with E-state index in [4.69, 9.17) is 5.10 Å². The van der Waals surface area contributed by atoms with Crippen molar-refractivity contribution in [2.24, 2.45) is 7.05 Å². The highest BCUT2D eigenvalue weighted by Crippen LogP contribution is 2.40. The van der Waals surface area contributed by atoms with Gasteiger partial charge in [-0.05, 0) is 31.0 Å². The Bertz CT molecular complexity index is 987. The molecule has 1 saturated carbocycles. The smallest absolute Gasteiger partial charge is 0.275 e. The molecule has 1 N–H and O–H groups in total. The van der Waals surface area contributed by atoms with Crippen LogP contribution in [0.2, 0.25) is 0 Å². The number of thioether (sulfide) groups is 1. The Balaban J connectivity index is 1.52. The minimum atomic E-state index is -0.143. The number of nitrogens with zero attached hydrogens (tertiary/aromatic N) is 4. The van der Waals surface area contributed by atoms with E-state index < -0.39 is 0 Å².